The Balaban J connectivity index is 1.78. The second-order valence-electron chi connectivity index (χ2n) is 8.65. The smallest absolute Gasteiger partial charge is 0.128 e. The van der Waals surface area contributed by atoms with Crippen molar-refractivity contribution < 1.29 is 5.11 Å². The van der Waals surface area contributed by atoms with Gasteiger partial charge in [0.15, 0.2) is 0 Å². The maximum absolute atomic E-state index is 11.0. The number of aromatic hydroxyl groups is 1. The summed E-state index contributed by atoms with van der Waals surface area (Å²) in [6, 6.07) is 21.5. The first-order valence-corrected chi connectivity index (χ1v) is 10.7. The SMILES string of the molecule is CC(C)(C)NCc1cc(Nc2ccnc3cc(Cl)ccc23)cc(-c2ccccc2)c1O. The van der Waals surface area contributed by atoms with E-state index in [2.05, 4.69) is 36.4 Å². The van der Waals surface area contributed by atoms with Gasteiger partial charge in [-0.25, -0.2) is 0 Å². The molecule has 0 atom stereocenters. The van der Waals surface area contributed by atoms with Crippen molar-refractivity contribution in [2.75, 3.05) is 5.32 Å². The van der Waals surface area contributed by atoms with Gasteiger partial charge in [-0.1, -0.05) is 41.9 Å². The molecule has 1 heterocycles. The van der Waals surface area contributed by atoms with E-state index in [1.807, 2.05) is 66.7 Å². The molecule has 4 aromatic rings. The molecule has 4 nitrogen and oxygen atoms in total. The highest BCUT2D eigenvalue weighted by Gasteiger charge is 2.15. The molecular weight excluding hydrogens is 406 g/mol. The molecule has 4 rings (SSSR count). The summed E-state index contributed by atoms with van der Waals surface area (Å²) in [5.74, 6) is 0.292. The molecule has 0 aliphatic carbocycles. The van der Waals surface area contributed by atoms with Crippen LogP contribution in [0.2, 0.25) is 5.02 Å². The van der Waals surface area contributed by atoms with Gasteiger partial charge < -0.3 is 15.7 Å². The van der Waals surface area contributed by atoms with Crippen LogP contribution in [0, 0.1) is 0 Å². The Morgan fingerprint density at radius 3 is 2.48 bits per heavy atom. The maximum atomic E-state index is 11.0. The van der Waals surface area contributed by atoms with Crippen LogP contribution in [-0.4, -0.2) is 15.6 Å². The van der Waals surface area contributed by atoms with Crippen LogP contribution in [0.25, 0.3) is 22.0 Å². The standard InChI is InChI=1S/C26H26ClN3O/c1-26(2,3)29-16-18-13-20(15-22(25(18)31)17-7-5-4-6-8-17)30-23-11-12-28-24-14-19(27)9-10-21(23)24/h4-15,29,31H,16H2,1-3H3,(H,28,30). The van der Waals surface area contributed by atoms with Gasteiger partial charge in [0.25, 0.3) is 0 Å². The molecule has 3 aromatic carbocycles. The lowest BCUT2D eigenvalue weighted by Gasteiger charge is -2.22. The van der Waals surface area contributed by atoms with Crippen molar-refractivity contribution >= 4 is 33.9 Å². The molecule has 0 spiro atoms. The molecule has 0 bridgehead atoms. The zero-order valence-corrected chi connectivity index (χ0v) is 18.7. The first-order chi connectivity index (χ1) is 14.8. The second-order valence-corrected chi connectivity index (χ2v) is 9.08. The quantitative estimate of drug-likeness (QED) is 0.301. The topological polar surface area (TPSA) is 57.2 Å². The first-order valence-electron chi connectivity index (χ1n) is 10.3. The van der Waals surface area contributed by atoms with Crippen molar-refractivity contribution in [2.24, 2.45) is 0 Å². The summed E-state index contributed by atoms with van der Waals surface area (Å²) >= 11 is 6.13. The van der Waals surface area contributed by atoms with Gasteiger partial charge in [0, 0.05) is 51.2 Å². The molecule has 0 aliphatic heterocycles. The van der Waals surface area contributed by atoms with Crippen molar-refractivity contribution in [2.45, 2.75) is 32.9 Å². The van der Waals surface area contributed by atoms with Crippen LogP contribution < -0.4 is 10.6 Å². The molecule has 0 saturated carbocycles. The molecule has 0 radical (unpaired) electrons. The summed E-state index contributed by atoms with van der Waals surface area (Å²) in [6.07, 6.45) is 1.77. The number of nitrogens with one attached hydrogen (secondary N) is 2. The van der Waals surface area contributed by atoms with E-state index in [-0.39, 0.29) is 5.54 Å². The molecule has 1 aromatic heterocycles. The molecule has 3 N–H and O–H groups in total. The van der Waals surface area contributed by atoms with E-state index in [0.717, 1.165) is 39.0 Å². The fraction of sp³-hybridized carbons (Fsp3) is 0.192. The number of halogens is 1. The maximum Gasteiger partial charge on any atom is 0.128 e. The minimum Gasteiger partial charge on any atom is -0.507 e. The van der Waals surface area contributed by atoms with Gasteiger partial charge in [0.05, 0.1) is 5.52 Å². The Hall–Kier alpha value is -3.08. The highest BCUT2D eigenvalue weighted by molar-refractivity contribution is 6.31. The largest absolute Gasteiger partial charge is 0.507 e. The number of anilines is 2. The number of rotatable bonds is 5. The predicted octanol–water partition coefficient (Wildman–Crippen LogP) is 6.89. The summed E-state index contributed by atoms with van der Waals surface area (Å²) in [4.78, 5) is 4.42. The number of pyridine rings is 1. The summed E-state index contributed by atoms with van der Waals surface area (Å²) in [7, 11) is 0. The summed E-state index contributed by atoms with van der Waals surface area (Å²) < 4.78 is 0. The molecule has 31 heavy (non-hydrogen) atoms. The van der Waals surface area contributed by atoms with Crippen molar-refractivity contribution in [1.29, 1.82) is 0 Å². The monoisotopic (exact) mass is 431 g/mol. The van der Waals surface area contributed by atoms with Crippen molar-refractivity contribution in [3.63, 3.8) is 0 Å². The van der Waals surface area contributed by atoms with Crippen LogP contribution in [0.15, 0.2) is 72.9 Å². The fourth-order valence-electron chi connectivity index (χ4n) is 3.49. The van der Waals surface area contributed by atoms with Gasteiger partial charge in [-0.05, 0) is 62.7 Å². The third-order valence-electron chi connectivity index (χ3n) is 5.07. The number of fused-ring (bicyclic) bond motifs is 1. The van der Waals surface area contributed by atoms with E-state index >= 15 is 0 Å². The van der Waals surface area contributed by atoms with Gasteiger partial charge in [0.1, 0.15) is 5.75 Å². The summed E-state index contributed by atoms with van der Waals surface area (Å²) in [5, 5.41) is 19.7. The number of benzene rings is 3. The molecule has 0 unspecified atom stereocenters. The third-order valence-corrected chi connectivity index (χ3v) is 5.30. The molecule has 0 aliphatic rings. The number of phenols is 1. The minimum absolute atomic E-state index is 0.0661. The molecule has 0 fully saturated rings. The number of hydrogen-bond acceptors (Lipinski definition) is 4. The fourth-order valence-corrected chi connectivity index (χ4v) is 3.65. The Morgan fingerprint density at radius 1 is 0.968 bits per heavy atom. The van der Waals surface area contributed by atoms with Crippen molar-refractivity contribution in [3.8, 4) is 16.9 Å². The van der Waals surface area contributed by atoms with Gasteiger partial charge in [-0.3, -0.25) is 4.98 Å². The zero-order chi connectivity index (χ0) is 22.0. The van der Waals surface area contributed by atoms with E-state index in [1.54, 1.807) is 6.20 Å². The Kier molecular flexibility index (Phi) is 5.86. The average molecular weight is 432 g/mol. The Morgan fingerprint density at radius 2 is 1.74 bits per heavy atom. The van der Waals surface area contributed by atoms with Crippen LogP contribution >= 0.6 is 11.6 Å². The van der Waals surface area contributed by atoms with Crippen molar-refractivity contribution in [3.05, 3.63) is 83.5 Å². The van der Waals surface area contributed by atoms with E-state index in [4.69, 9.17) is 11.6 Å². The lowest BCUT2D eigenvalue weighted by atomic mass is 9.99. The van der Waals surface area contributed by atoms with Crippen LogP contribution in [0.4, 0.5) is 11.4 Å². The van der Waals surface area contributed by atoms with Crippen LogP contribution in [0.5, 0.6) is 5.75 Å². The molecule has 158 valence electrons. The highest BCUT2D eigenvalue weighted by Crippen LogP contribution is 2.37. The second kappa shape index (κ2) is 8.58. The number of aromatic nitrogens is 1. The summed E-state index contributed by atoms with van der Waals surface area (Å²) in [5.41, 5.74) is 5.17. The average Bonchev–Trinajstić information content (AvgIpc) is 2.74. The number of phenolic OH excluding ortho intramolecular Hbond substituents is 1. The van der Waals surface area contributed by atoms with Gasteiger partial charge in [-0.2, -0.15) is 0 Å². The molecule has 0 saturated heterocycles. The van der Waals surface area contributed by atoms with E-state index in [9.17, 15) is 5.11 Å². The minimum atomic E-state index is -0.0661. The lowest BCUT2D eigenvalue weighted by Crippen LogP contribution is -2.35. The van der Waals surface area contributed by atoms with Crippen LogP contribution in [-0.2, 0) is 6.54 Å². The molecule has 5 heteroatoms. The lowest BCUT2D eigenvalue weighted by molar-refractivity contribution is 0.412. The highest BCUT2D eigenvalue weighted by atomic mass is 35.5. The van der Waals surface area contributed by atoms with E-state index < -0.39 is 0 Å². The predicted molar refractivity (Wildman–Crippen MR) is 130 cm³/mol. The number of hydrogen-bond donors (Lipinski definition) is 3. The van der Waals surface area contributed by atoms with Gasteiger partial charge in [-0.15, -0.1) is 0 Å². The Labute approximate surface area is 187 Å². The van der Waals surface area contributed by atoms with Gasteiger partial charge >= 0.3 is 0 Å². The van der Waals surface area contributed by atoms with Gasteiger partial charge in [0.2, 0.25) is 0 Å². The van der Waals surface area contributed by atoms with Crippen LogP contribution in [0.1, 0.15) is 26.3 Å². The van der Waals surface area contributed by atoms with Crippen LogP contribution in [0.3, 0.4) is 0 Å². The van der Waals surface area contributed by atoms with Crippen molar-refractivity contribution in [1.82, 2.24) is 10.3 Å². The number of nitrogens with zero attached hydrogens (tertiary/aromatic N) is 1. The molecule has 0 amide bonds. The van der Waals surface area contributed by atoms with E-state index in [0.29, 0.717) is 17.3 Å². The Bertz CT molecular complexity index is 1220. The van der Waals surface area contributed by atoms with E-state index in [1.165, 1.54) is 0 Å². The molecular formula is C26H26ClN3O. The summed E-state index contributed by atoms with van der Waals surface area (Å²) in [6.45, 7) is 6.88. The first kappa shape index (κ1) is 21.2. The third kappa shape index (κ3) is 4.98. The normalized spacial score (nSPS) is 11.6. The zero-order valence-electron chi connectivity index (χ0n) is 17.9.